The van der Waals surface area contributed by atoms with Crippen molar-refractivity contribution in [1.29, 1.82) is 0 Å². The fourth-order valence-electron chi connectivity index (χ4n) is 3.37. The summed E-state index contributed by atoms with van der Waals surface area (Å²) in [5, 5.41) is 3.83. The summed E-state index contributed by atoms with van der Waals surface area (Å²) < 4.78 is 64.3. The number of fused-ring (bicyclic) bond motifs is 1. The summed E-state index contributed by atoms with van der Waals surface area (Å²) in [5.41, 5.74) is 0.854. The molecule has 10 heteroatoms. The molecule has 0 amide bonds. The first kappa shape index (κ1) is 18.3. The van der Waals surface area contributed by atoms with Crippen LogP contribution in [0.4, 0.5) is 8.78 Å². The van der Waals surface area contributed by atoms with Gasteiger partial charge in [0.05, 0.1) is 18.0 Å². The van der Waals surface area contributed by atoms with E-state index >= 15 is 0 Å². The highest BCUT2D eigenvalue weighted by molar-refractivity contribution is 7.89. The molecule has 1 aromatic carbocycles. The molecule has 0 atom stereocenters. The molecular weight excluding hydrogens is 380 g/mol. The number of aromatic nitrogens is 2. The highest BCUT2D eigenvalue weighted by Crippen LogP contribution is 2.39. The Kier molecular flexibility index (Phi) is 4.63. The van der Waals surface area contributed by atoms with Crippen molar-refractivity contribution in [3.63, 3.8) is 0 Å². The molecule has 0 unspecified atom stereocenters. The zero-order valence-corrected chi connectivity index (χ0v) is 15.3. The first-order valence-corrected chi connectivity index (χ1v) is 10.3. The average Bonchev–Trinajstić information content (AvgIpc) is 3.28. The largest absolute Gasteiger partial charge is 0.493 e. The molecule has 146 valence electrons. The molecule has 1 aromatic heterocycles. The molecule has 0 bridgehead atoms. The summed E-state index contributed by atoms with van der Waals surface area (Å²) in [5.74, 6) is -1.65. The molecule has 2 aromatic rings. The van der Waals surface area contributed by atoms with E-state index in [2.05, 4.69) is 14.9 Å². The summed E-state index contributed by atoms with van der Waals surface area (Å²) in [6.45, 7) is 0.385. The number of ether oxygens (including phenoxy) is 1. The summed E-state index contributed by atoms with van der Waals surface area (Å²) in [6, 6.07) is 4.71. The van der Waals surface area contributed by atoms with Crippen molar-refractivity contribution in [3.05, 3.63) is 35.5 Å². The summed E-state index contributed by atoms with van der Waals surface area (Å²) in [4.78, 5) is 4.31. The van der Waals surface area contributed by atoms with Crippen LogP contribution in [0, 0.1) is 0 Å². The number of nitrogens with zero attached hydrogens (tertiary/aromatic N) is 2. The summed E-state index contributed by atoms with van der Waals surface area (Å²) in [7, 11) is -3.74. The molecule has 1 saturated carbocycles. The molecule has 7 nitrogen and oxygen atoms in total. The first-order valence-electron chi connectivity index (χ1n) is 8.78. The molecule has 1 aliphatic heterocycles. The van der Waals surface area contributed by atoms with Gasteiger partial charge in [0.2, 0.25) is 21.8 Å². The predicted octanol–water partition coefficient (Wildman–Crippen LogP) is 2.78. The van der Waals surface area contributed by atoms with Gasteiger partial charge in [0.15, 0.2) is 5.82 Å². The Morgan fingerprint density at radius 1 is 1.26 bits per heavy atom. The quantitative estimate of drug-likeness (QED) is 0.831. The molecule has 1 aliphatic carbocycles. The lowest BCUT2D eigenvalue weighted by molar-refractivity contribution is -0.0389. The zero-order chi connectivity index (χ0) is 19.1. The van der Waals surface area contributed by atoms with E-state index in [1.165, 1.54) is 6.07 Å². The van der Waals surface area contributed by atoms with Crippen LogP contribution in [-0.2, 0) is 23.0 Å². The molecule has 1 fully saturated rings. The minimum absolute atomic E-state index is 0.107. The third-order valence-electron chi connectivity index (χ3n) is 4.95. The van der Waals surface area contributed by atoms with Gasteiger partial charge in [-0.2, -0.15) is 4.98 Å². The second-order valence-electron chi connectivity index (χ2n) is 6.87. The lowest BCUT2D eigenvalue weighted by Crippen LogP contribution is -2.24. The van der Waals surface area contributed by atoms with Crippen molar-refractivity contribution in [1.82, 2.24) is 14.9 Å². The molecule has 0 spiro atoms. The number of nitrogens with one attached hydrogen (secondary N) is 1. The minimum Gasteiger partial charge on any atom is -0.493 e. The number of rotatable bonds is 5. The molecule has 0 saturated heterocycles. The van der Waals surface area contributed by atoms with Gasteiger partial charge in [0, 0.05) is 25.2 Å². The second-order valence-corrected chi connectivity index (χ2v) is 8.64. The number of alkyl halides is 2. The van der Waals surface area contributed by atoms with E-state index in [-0.39, 0.29) is 48.9 Å². The molecule has 1 N–H and O–H groups in total. The Morgan fingerprint density at radius 2 is 2.04 bits per heavy atom. The fourth-order valence-corrected chi connectivity index (χ4v) is 4.40. The Hall–Kier alpha value is -2.07. The predicted molar refractivity (Wildman–Crippen MR) is 90.1 cm³/mol. The Bertz CT molecular complexity index is 935. The van der Waals surface area contributed by atoms with E-state index in [9.17, 15) is 17.2 Å². The highest BCUT2D eigenvalue weighted by Gasteiger charge is 2.37. The minimum atomic E-state index is -3.74. The Balaban J connectivity index is 1.39. The van der Waals surface area contributed by atoms with Crippen molar-refractivity contribution in [2.45, 2.75) is 55.4 Å². The van der Waals surface area contributed by atoms with Crippen molar-refractivity contribution in [2.75, 3.05) is 6.61 Å². The third kappa shape index (κ3) is 3.96. The van der Waals surface area contributed by atoms with Crippen LogP contribution in [0.3, 0.4) is 0 Å². The molecule has 0 radical (unpaired) electrons. The van der Waals surface area contributed by atoms with Crippen LogP contribution in [0.2, 0.25) is 0 Å². The normalized spacial score (nSPS) is 19.6. The van der Waals surface area contributed by atoms with E-state index < -0.39 is 15.9 Å². The maximum atomic E-state index is 13.2. The Labute approximate surface area is 155 Å². The monoisotopic (exact) mass is 399 g/mol. The lowest BCUT2D eigenvalue weighted by Gasteiger charge is -2.26. The number of benzene rings is 1. The molecule has 2 aliphatic rings. The number of hydrogen-bond donors (Lipinski definition) is 1. The van der Waals surface area contributed by atoms with Gasteiger partial charge in [-0.05, 0) is 36.6 Å². The van der Waals surface area contributed by atoms with Crippen molar-refractivity contribution in [3.8, 4) is 5.75 Å². The third-order valence-corrected chi connectivity index (χ3v) is 6.35. The van der Waals surface area contributed by atoms with E-state index in [0.717, 1.165) is 5.56 Å². The van der Waals surface area contributed by atoms with Gasteiger partial charge in [0.25, 0.3) is 0 Å². The standard InChI is InChI=1S/C17H19F2N3O4S/c18-17(19)6-3-11(4-7-17)16-21-15(26-22-16)10-20-27(23,24)13-1-2-14-12(9-13)5-8-25-14/h1-2,9,11,20H,3-8,10H2. The molecule has 27 heavy (non-hydrogen) atoms. The van der Waals surface area contributed by atoms with Crippen LogP contribution in [0.25, 0.3) is 0 Å². The Morgan fingerprint density at radius 3 is 2.81 bits per heavy atom. The van der Waals surface area contributed by atoms with E-state index in [1.54, 1.807) is 12.1 Å². The van der Waals surface area contributed by atoms with Crippen LogP contribution in [0.15, 0.2) is 27.6 Å². The van der Waals surface area contributed by atoms with Crippen molar-refractivity contribution >= 4 is 10.0 Å². The maximum Gasteiger partial charge on any atom is 0.248 e. The van der Waals surface area contributed by atoms with E-state index in [1.807, 2.05) is 0 Å². The van der Waals surface area contributed by atoms with E-state index in [0.29, 0.717) is 24.6 Å². The van der Waals surface area contributed by atoms with Gasteiger partial charge in [-0.3, -0.25) is 0 Å². The topological polar surface area (TPSA) is 94.3 Å². The smallest absolute Gasteiger partial charge is 0.248 e. The van der Waals surface area contributed by atoms with Crippen molar-refractivity contribution < 1.29 is 26.5 Å². The number of hydrogen-bond acceptors (Lipinski definition) is 6. The first-order chi connectivity index (χ1) is 12.8. The number of sulfonamides is 1. The van der Waals surface area contributed by atoms with Crippen LogP contribution in [0.1, 0.15) is 48.9 Å². The van der Waals surface area contributed by atoms with Crippen LogP contribution in [0.5, 0.6) is 5.75 Å². The number of halogens is 2. The summed E-state index contributed by atoms with van der Waals surface area (Å²) in [6.07, 6.45) is 0.850. The van der Waals surface area contributed by atoms with Gasteiger partial charge in [-0.15, -0.1) is 0 Å². The average molecular weight is 399 g/mol. The van der Waals surface area contributed by atoms with Gasteiger partial charge < -0.3 is 9.26 Å². The van der Waals surface area contributed by atoms with Crippen LogP contribution < -0.4 is 9.46 Å². The second kappa shape index (κ2) is 6.83. The van der Waals surface area contributed by atoms with Gasteiger partial charge in [-0.25, -0.2) is 21.9 Å². The van der Waals surface area contributed by atoms with Crippen LogP contribution >= 0.6 is 0 Å². The lowest BCUT2D eigenvalue weighted by atomic mass is 9.86. The van der Waals surface area contributed by atoms with E-state index in [4.69, 9.17) is 9.26 Å². The highest BCUT2D eigenvalue weighted by atomic mass is 32.2. The van der Waals surface area contributed by atoms with Gasteiger partial charge >= 0.3 is 0 Å². The summed E-state index contributed by atoms with van der Waals surface area (Å²) >= 11 is 0. The molecule has 2 heterocycles. The fraction of sp³-hybridized carbons (Fsp3) is 0.529. The van der Waals surface area contributed by atoms with Gasteiger partial charge in [0.1, 0.15) is 5.75 Å². The maximum absolute atomic E-state index is 13.2. The van der Waals surface area contributed by atoms with Crippen molar-refractivity contribution in [2.24, 2.45) is 0 Å². The zero-order valence-electron chi connectivity index (χ0n) is 14.5. The SMILES string of the molecule is O=S(=O)(NCc1nc(C2CCC(F)(F)CC2)no1)c1ccc2c(c1)CCO2. The van der Waals surface area contributed by atoms with Gasteiger partial charge in [-0.1, -0.05) is 5.16 Å². The molecule has 4 rings (SSSR count). The molecular formula is C17H19F2N3O4S. The van der Waals surface area contributed by atoms with Crippen LogP contribution in [-0.4, -0.2) is 31.1 Å².